The summed E-state index contributed by atoms with van der Waals surface area (Å²) in [6.07, 6.45) is 5.48. The van der Waals surface area contributed by atoms with Crippen LogP contribution >= 0.6 is 0 Å². The number of nitrogens with zero attached hydrogens (tertiary/aromatic N) is 3. The van der Waals surface area contributed by atoms with Gasteiger partial charge in [0.15, 0.2) is 0 Å². The molecule has 1 unspecified atom stereocenters. The molecule has 1 heterocycles. The molecule has 29 heavy (non-hydrogen) atoms. The van der Waals surface area contributed by atoms with Crippen LogP contribution in [0.1, 0.15) is 48.7 Å². The number of amidine groups is 1. The van der Waals surface area contributed by atoms with Gasteiger partial charge in [-0.2, -0.15) is 10.3 Å². The molecular weight excluding hydrogens is 373 g/mol. The second kappa shape index (κ2) is 9.15. The van der Waals surface area contributed by atoms with Crippen LogP contribution in [0.4, 0.5) is 15.8 Å². The zero-order valence-corrected chi connectivity index (χ0v) is 16.1. The number of aromatic nitrogens is 1. The lowest BCUT2D eigenvalue weighted by atomic mass is 9.88. The number of ether oxygens (including phenoxy) is 1. The van der Waals surface area contributed by atoms with Crippen molar-refractivity contribution in [3.8, 4) is 6.07 Å². The highest BCUT2D eigenvalue weighted by Gasteiger charge is 2.23. The van der Waals surface area contributed by atoms with Crippen LogP contribution in [0.25, 0.3) is 0 Å². The summed E-state index contributed by atoms with van der Waals surface area (Å²) in [6, 6.07) is 8.74. The molecule has 0 bridgehead atoms. The highest BCUT2D eigenvalue weighted by atomic mass is 19.1. The van der Waals surface area contributed by atoms with Crippen LogP contribution in [0.2, 0.25) is 0 Å². The first-order chi connectivity index (χ1) is 14.0. The molecule has 0 saturated heterocycles. The summed E-state index contributed by atoms with van der Waals surface area (Å²) in [7, 11) is 0. The van der Waals surface area contributed by atoms with E-state index in [1.165, 1.54) is 42.9 Å². The normalized spacial score (nSPS) is 19.3. The van der Waals surface area contributed by atoms with E-state index in [2.05, 4.69) is 22.2 Å². The topological polar surface area (TPSA) is 113 Å². The number of pyridine rings is 1. The predicted octanol–water partition coefficient (Wildman–Crippen LogP) is 3.89. The number of nitrogens with one attached hydrogen (secondary N) is 1. The minimum absolute atomic E-state index is 0.0269. The monoisotopic (exact) mass is 395 g/mol. The van der Waals surface area contributed by atoms with E-state index in [9.17, 15) is 9.18 Å². The van der Waals surface area contributed by atoms with Crippen LogP contribution in [0.5, 0.6) is 0 Å². The molecule has 1 aromatic carbocycles. The third-order valence-corrected chi connectivity index (χ3v) is 4.86. The first kappa shape index (κ1) is 20.3. The van der Waals surface area contributed by atoms with Crippen LogP contribution in [-0.2, 0) is 4.74 Å². The van der Waals surface area contributed by atoms with Crippen molar-refractivity contribution in [1.82, 2.24) is 4.98 Å². The number of nitrogens with two attached hydrogens (primary N) is 1. The molecule has 7 nitrogen and oxygen atoms in total. The summed E-state index contributed by atoms with van der Waals surface area (Å²) < 4.78 is 19.9. The number of hydrogen-bond donors (Lipinski definition) is 2. The molecule has 1 aliphatic carbocycles. The molecule has 8 heteroatoms. The number of aliphatic imine (C=N–C) groups is 1. The predicted molar refractivity (Wildman–Crippen MR) is 107 cm³/mol. The third kappa shape index (κ3) is 5.29. The molecule has 0 radical (unpaired) electrons. The fourth-order valence-corrected chi connectivity index (χ4v) is 3.22. The Morgan fingerprint density at radius 2 is 2.14 bits per heavy atom. The van der Waals surface area contributed by atoms with Crippen LogP contribution in [0.3, 0.4) is 0 Å². The number of amides is 1. The Balaban J connectivity index is 1.71. The summed E-state index contributed by atoms with van der Waals surface area (Å²) in [5, 5.41) is 11.4. The molecule has 1 saturated carbocycles. The Bertz CT molecular complexity index is 953. The molecule has 0 spiro atoms. The van der Waals surface area contributed by atoms with Gasteiger partial charge in [0.1, 0.15) is 29.4 Å². The van der Waals surface area contributed by atoms with Crippen LogP contribution in [0, 0.1) is 23.1 Å². The van der Waals surface area contributed by atoms with E-state index in [1.54, 1.807) is 0 Å². The highest BCUT2D eigenvalue weighted by molar-refractivity contribution is 6.03. The van der Waals surface area contributed by atoms with Crippen LogP contribution in [0.15, 0.2) is 41.5 Å². The molecule has 3 N–H and O–H groups in total. The minimum Gasteiger partial charge on any atom is -0.462 e. The molecule has 1 aromatic heterocycles. The Morgan fingerprint density at radius 3 is 2.83 bits per heavy atom. The summed E-state index contributed by atoms with van der Waals surface area (Å²) in [6.45, 7) is 2.10. The van der Waals surface area contributed by atoms with Gasteiger partial charge in [-0.3, -0.25) is 4.79 Å². The van der Waals surface area contributed by atoms with Crippen LogP contribution in [-0.4, -0.2) is 23.0 Å². The van der Waals surface area contributed by atoms with Crippen molar-refractivity contribution < 1.29 is 13.9 Å². The van der Waals surface area contributed by atoms with Gasteiger partial charge in [0.2, 0.25) is 0 Å². The van der Waals surface area contributed by atoms with E-state index in [0.29, 0.717) is 17.2 Å². The number of anilines is 1. The Morgan fingerprint density at radius 1 is 1.34 bits per heavy atom. The molecule has 1 amide bonds. The molecule has 150 valence electrons. The van der Waals surface area contributed by atoms with E-state index in [0.717, 1.165) is 19.3 Å². The van der Waals surface area contributed by atoms with Gasteiger partial charge in [-0.1, -0.05) is 13.3 Å². The molecular formula is C21H22FN5O2. The lowest BCUT2D eigenvalue weighted by Gasteiger charge is -2.28. The summed E-state index contributed by atoms with van der Waals surface area (Å²) in [5.74, 6) is -0.702. The maximum absolute atomic E-state index is 14.2. The van der Waals surface area contributed by atoms with E-state index < -0.39 is 11.7 Å². The third-order valence-electron chi connectivity index (χ3n) is 4.86. The second-order valence-corrected chi connectivity index (χ2v) is 7.03. The number of halogens is 1. The van der Waals surface area contributed by atoms with Gasteiger partial charge in [-0.05, 0) is 55.5 Å². The van der Waals surface area contributed by atoms with E-state index >= 15 is 0 Å². The van der Waals surface area contributed by atoms with Crippen molar-refractivity contribution in [2.45, 2.75) is 38.7 Å². The molecule has 1 aliphatic rings. The minimum atomic E-state index is -0.581. The number of rotatable bonds is 4. The Hall–Kier alpha value is -3.47. The maximum atomic E-state index is 14.2. The fraction of sp³-hybridized carbons (Fsp3) is 0.333. The van der Waals surface area contributed by atoms with Gasteiger partial charge >= 0.3 is 0 Å². The van der Waals surface area contributed by atoms with Gasteiger partial charge in [0, 0.05) is 11.9 Å². The molecule has 3 rings (SSSR count). The average Bonchev–Trinajstić information content (AvgIpc) is 2.72. The van der Waals surface area contributed by atoms with Gasteiger partial charge in [-0.15, -0.1) is 0 Å². The number of carbonyl (C=O) groups excluding carboxylic acids is 1. The smallest absolute Gasteiger partial charge is 0.287 e. The number of carbonyl (C=O) groups is 1. The Kier molecular flexibility index (Phi) is 6.39. The standard InChI is InChI=1S/C21H22FN5O2/c1-13-4-2-3-5-19(13)29-21(24)27-18-10-15(7-8-16(18)22)26-20(28)17-9-6-14(11-23)12-25-17/h6-10,12-13,19H,2-5H2,1H3,(H2,24,27)(H,26,28)/t13-,19?/m0/s1. The first-order valence-corrected chi connectivity index (χ1v) is 9.44. The molecule has 0 aliphatic heterocycles. The average molecular weight is 395 g/mol. The van der Waals surface area contributed by atoms with Gasteiger partial charge in [0.05, 0.1) is 5.56 Å². The van der Waals surface area contributed by atoms with Crippen LogP contribution < -0.4 is 11.1 Å². The molecule has 2 aromatic rings. The summed E-state index contributed by atoms with van der Waals surface area (Å²) >= 11 is 0. The summed E-state index contributed by atoms with van der Waals surface area (Å²) in [4.78, 5) is 20.3. The van der Waals surface area contributed by atoms with Gasteiger partial charge in [-0.25, -0.2) is 9.37 Å². The SMILES string of the molecule is C[C@H]1CCCCC1O/C(N)=N\c1cc(NC(=O)c2ccc(C#N)cn2)ccc1F. The van der Waals surface area contributed by atoms with Crippen molar-refractivity contribution in [3.63, 3.8) is 0 Å². The maximum Gasteiger partial charge on any atom is 0.287 e. The molecule has 2 atom stereocenters. The van der Waals surface area contributed by atoms with Crippen molar-refractivity contribution >= 4 is 23.3 Å². The Labute approximate surface area is 168 Å². The molecule has 1 fully saturated rings. The van der Waals surface area contributed by atoms with E-state index in [-0.39, 0.29) is 23.5 Å². The van der Waals surface area contributed by atoms with Crippen molar-refractivity contribution in [2.24, 2.45) is 16.6 Å². The lowest BCUT2D eigenvalue weighted by Crippen LogP contribution is -2.31. The van der Waals surface area contributed by atoms with Gasteiger partial charge in [0.25, 0.3) is 11.9 Å². The lowest BCUT2D eigenvalue weighted by molar-refractivity contribution is 0.0895. The first-order valence-electron chi connectivity index (χ1n) is 9.44. The second-order valence-electron chi connectivity index (χ2n) is 7.03. The number of nitriles is 1. The largest absolute Gasteiger partial charge is 0.462 e. The van der Waals surface area contributed by atoms with E-state index in [1.807, 2.05) is 6.07 Å². The highest BCUT2D eigenvalue weighted by Crippen LogP contribution is 2.27. The zero-order chi connectivity index (χ0) is 20.8. The van der Waals surface area contributed by atoms with Crippen molar-refractivity contribution in [3.05, 3.63) is 53.6 Å². The number of hydrogen-bond acceptors (Lipinski definition) is 5. The van der Waals surface area contributed by atoms with Crippen molar-refractivity contribution in [2.75, 3.05) is 5.32 Å². The number of benzene rings is 1. The quantitative estimate of drug-likeness (QED) is 0.602. The van der Waals surface area contributed by atoms with E-state index in [4.69, 9.17) is 15.7 Å². The van der Waals surface area contributed by atoms with Crippen molar-refractivity contribution in [1.29, 1.82) is 5.26 Å². The fourth-order valence-electron chi connectivity index (χ4n) is 3.22. The summed E-state index contributed by atoms with van der Waals surface area (Å²) in [5.41, 5.74) is 6.66. The zero-order valence-electron chi connectivity index (χ0n) is 16.1. The van der Waals surface area contributed by atoms with Gasteiger partial charge < -0.3 is 15.8 Å².